The molecule has 7 heteroatoms. The molecule has 4 aromatic rings. The van der Waals surface area contributed by atoms with Crippen LogP contribution in [-0.4, -0.2) is 29.6 Å². The van der Waals surface area contributed by atoms with E-state index >= 15 is 0 Å². The molecule has 3 aliphatic rings. The van der Waals surface area contributed by atoms with Gasteiger partial charge in [0, 0.05) is 16.9 Å². The molecule has 0 saturated carbocycles. The number of nitrogens with zero attached hydrogens (tertiary/aromatic N) is 1. The fraction of sp³-hybridized carbons (Fsp3) is 0.129. The first-order chi connectivity index (χ1) is 18.5. The van der Waals surface area contributed by atoms with E-state index in [9.17, 15) is 14.4 Å². The maximum absolute atomic E-state index is 14.7. The maximum Gasteiger partial charge on any atom is 0.238 e. The molecule has 1 saturated heterocycles. The van der Waals surface area contributed by atoms with Crippen molar-refractivity contribution in [2.75, 3.05) is 10.2 Å². The second-order valence-corrected chi connectivity index (χ2v) is 11.1. The van der Waals surface area contributed by atoms with Crippen LogP contribution in [0.2, 0.25) is 5.02 Å². The molecule has 186 valence electrons. The molecular formula is C31H21ClN2O3S. The molecule has 4 atom stereocenters. The number of halogens is 1. The second kappa shape index (κ2) is 8.51. The van der Waals surface area contributed by atoms with Crippen LogP contribution in [0.5, 0.6) is 0 Å². The van der Waals surface area contributed by atoms with E-state index in [1.54, 1.807) is 30.3 Å². The van der Waals surface area contributed by atoms with Crippen molar-refractivity contribution < 1.29 is 14.4 Å². The average molecular weight is 537 g/mol. The number of anilines is 2. The number of benzene rings is 3. The molecule has 3 aromatic carbocycles. The molecule has 1 aromatic heterocycles. The molecule has 3 aliphatic heterocycles. The van der Waals surface area contributed by atoms with E-state index in [0.717, 1.165) is 16.8 Å². The van der Waals surface area contributed by atoms with Crippen LogP contribution in [-0.2, 0) is 10.2 Å². The fourth-order valence-electron chi connectivity index (χ4n) is 6.51. The van der Waals surface area contributed by atoms with E-state index in [0.29, 0.717) is 21.2 Å². The first-order valence-electron chi connectivity index (χ1n) is 12.4. The summed E-state index contributed by atoms with van der Waals surface area (Å²) in [5, 5.41) is 5.18. The van der Waals surface area contributed by atoms with E-state index in [1.165, 1.54) is 11.3 Å². The fourth-order valence-corrected chi connectivity index (χ4v) is 7.44. The molecule has 1 N–H and O–H groups in total. The maximum atomic E-state index is 14.7. The molecule has 0 radical (unpaired) electrons. The lowest BCUT2D eigenvalue weighted by atomic mass is 9.64. The summed E-state index contributed by atoms with van der Waals surface area (Å²) in [5.41, 5.74) is 2.09. The van der Waals surface area contributed by atoms with Gasteiger partial charge in [0.15, 0.2) is 11.6 Å². The Hall–Kier alpha value is -4.00. The van der Waals surface area contributed by atoms with Crippen LogP contribution in [0.4, 0.5) is 11.4 Å². The van der Waals surface area contributed by atoms with Crippen molar-refractivity contribution in [1.82, 2.24) is 0 Å². The SMILES string of the molecule is O=C(c1cccs1)[C@@H]1[C@@H](C(=O)c2ccccc2Cl)[C@]2(C(=O)Nc3ccccc32)[C@H]2C=Cc3ccccc3N12. The highest BCUT2D eigenvalue weighted by molar-refractivity contribution is 7.12. The van der Waals surface area contributed by atoms with Gasteiger partial charge in [0.1, 0.15) is 11.5 Å². The molecule has 5 nitrogen and oxygen atoms in total. The van der Waals surface area contributed by atoms with Crippen LogP contribution >= 0.6 is 22.9 Å². The minimum atomic E-state index is -1.34. The topological polar surface area (TPSA) is 66.5 Å². The number of nitrogens with one attached hydrogen (secondary N) is 1. The van der Waals surface area contributed by atoms with E-state index in [-0.39, 0.29) is 17.5 Å². The summed E-state index contributed by atoms with van der Waals surface area (Å²) in [6, 6.07) is 24.2. The summed E-state index contributed by atoms with van der Waals surface area (Å²) in [6.45, 7) is 0. The zero-order chi connectivity index (χ0) is 26.0. The van der Waals surface area contributed by atoms with Gasteiger partial charge in [-0.25, -0.2) is 0 Å². The monoisotopic (exact) mass is 536 g/mol. The Morgan fingerprint density at radius 2 is 1.66 bits per heavy atom. The Kier molecular flexibility index (Phi) is 5.18. The smallest absolute Gasteiger partial charge is 0.238 e. The van der Waals surface area contributed by atoms with Gasteiger partial charge in [-0.2, -0.15) is 0 Å². The van der Waals surface area contributed by atoms with E-state index in [1.807, 2.05) is 77.0 Å². The number of Topliss-reactive ketones (excluding diaryl/α,β-unsaturated/α-hetero) is 2. The van der Waals surface area contributed by atoms with Gasteiger partial charge in [0.25, 0.3) is 0 Å². The van der Waals surface area contributed by atoms with Gasteiger partial charge in [0.05, 0.1) is 21.9 Å². The normalized spacial score (nSPS) is 24.6. The summed E-state index contributed by atoms with van der Waals surface area (Å²) < 4.78 is 0. The molecule has 1 spiro atoms. The van der Waals surface area contributed by atoms with Crippen molar-refractivity contribution in [3.05, 3.63) is 123 Å². The van der Waals surface area contributed by atoms with Crippen LogP contribution in [0.15, 0.2) is 96.4 Å². The summed E-state index contributed by atoms with van der Waals surface area (Å²) in [5.74, 6) is -1.82. The molecule has 4 heterocycles. The number of fused-ring (bicyclic) bond motifs is 6. The largest absolute Gasteiger partial charge is 0.352 e. The minimum absolute atomic E-state index is 0.186. The number of para-hydroxylation sites is 2. The van der Waals surface area contributed by atoms with Crippen LogP contribution in [0.3, 0.4) is 0 Å². The van der Waals surface area contributed by atoms with Gasteiger partial charge in [-0.1, -0.05) is 78.4 Å². The number of ketones is 2. The summed E-state index contributed by atoms with van der Waals surface area (Å²) in [7, 11) is 0. The second-order valence-electron chi connectivity index (χ2n) is 9.75. The molecule has 1 fully saturated rings. The highest BCUT2D eigenvalue weighted by Gasteiger charge is 2.70. The van der Waals surface area contributed by atoms with Gasteiger partial charge in [-0.05, 0) is 46.8 Å². The third-order valence-electron chi connectivity index (χ3n) is 8.00. The predicted octanol–water partition coefficient (Wildman–Crippen LogP) is 6.26. The lowest BCUT2D eigenvalue weighted by molar-refractivity contribution is -0.121. The quantitative estimate of drug-likeness (QED) is 0.313. The highest BCUT2D eigenvalue weighted by Crippen LogP contribution is 2.58. The van der Waals surface area contributed by atoms with Crippen LogP contribution in [0.25, 0.3) is 6.08 Å². The van der Waals surface area contributed by atoms with E-state index in [2.05, 4.69) is 5.32 Å². The van der Waals surface area contributed by atoms with Gasteiger partial charge in [-0.15, -0.1) is 11.3 Å². The summed E-state index contributed by atoms with van der Waals surface area (Å²) >= 11 is 7.89. The van der Waals surface area contributed by atoms with Gasteiger partial charge in [-0.3, -0.25) is 14.4 Å². The Morgan fingerprint density at radius 1 is 0.895 bits per heavy atom. The standard InChI is InChI=1S/C31H21ClN2O3S/c32-21-11-4-2-9-19(21)28(35)26-27(29(36)24-14-7-17-38-24)34-23-13-6-1-8-18(23)15-16-25(34)31(26)20-10-3-5-12-22(20)33-30(31)37/h1-17,25-27H,(H,33,37)/t25-,26+,27+,31-/m1/s1. The average Bonchev–Trinajstić information content (AvgIpc) is 3.65. The number of carbonyl (C=O) groups excluding carboxylic acids is 3. The Bertz CT molecular complexity index is 1660. The predicted molar refractivity (Wildman–Crippen MR) is 150 cm³/mol. The van der Waals surface area contributed by atoms with Crippen molar-refractivity contribution in [2.45, 2.75) is 17.5 Å². The van der Waals surface area contributed by atoms with Crippen LogP contribution in [0, 0.1) is 5.92 Å². The van der Waals surface area contributed by atoms with Crippen molar-refractivity contribution in [1.29, 1.82) is 0 Å². The first kappa shape index (κ1) is 23.1. The van der Waals surface area contributed by atoms with Crippen molar-refractivity contribution in [3.63, 3.8) is 0 Å². The zero-order valence-electron chi connectivity index (χ0n) is 20.0. The number of carbonyl (C=O) groups is 3. The van der Waals surface area contributed by atoms with Crippen molar-refractivity contribution in [3.8, 4) is 0 Å². The third-order valence-corrected chi connectivity index (χ3v) is 9.21. The molecular weight excluding hydrogens is 516 g/mol. The molecule has 1 amide bonds. The number of thiophene rings is 1. The Balaban J connectivity index is 1.56. The van der Waals surface area contributed by atoms with Crippen LogP contribution < -0.4 is 10.2 Å². The van der Waals surface area contributed by atoms with Gasteiger partial charge >= 0.3 is 0 Å². The zero-order valence-corrected chi connectivity index (χ0v) is 21.6. The molecule has 0 aliphatic carbocycles. The van der Waals surface area contributed by atoms with Crippen LogP contribution in [0.1, 0.15) is 31.2 Å². The highest BCUT2D eigenvalue weighted by atomic mass is 35.5. The van der Waals surface area contributed by atoms with E-state index < -0.39 is 23.4 Å². The number of rotatable bonds is 4. The molecule has 7 rings (SSSR count). The molecule has 0 unspecified atom stereocenters. The van der Waals surface area contributed by atoms with Gasteiger partial charge < -0.3 is 10.2 Å². The summed E-state index contributed by atoms with van der Waals surface area (Å²) in [4.78, 5) is 45.8. The lowest BCUT2D eigenvalue weighted by Crippen LogP contribution is -2.51. The lowest BCUT2D eigenvalue weighted by Gasteiger charge is -2.37. The summed E-state index contributed by atoms with van der Waals surface area (Å²) in [6.07, 6.45) is 3.96. The first-order valence-corrected chi connectivity index (χ1v) is 13.6. The molecule has 0 bridgehead atoms. The van der Waals surface area contributed by atoms with Gasteiger partial charge in [0.2, 0.25) is 5.91 Å². The third kappa shape index (κ3) is 3.01. The number of amides is 1. The Morgan fingerprint density at radius 3 is 2.47 bits per heavy atom. The number of hydrogen-bond donors (Lipinski definition) is 1. The Labute approximate surface area is 228 Å². The van der Waals surface area contributed by atoms with E-state index in [4.69, 9.17) is 11.6 Å². The minimum Gasteiger partial charge on any atom is -0.352 e. The molecule has 38 heavy (non-hydrogen) atoms. The van der Waals surface area contributed by atoms with Crippen molar-refractivity contribution in [2.24, 2.45) is 5.92 Å². The van der Waals surface area contributed by atoms with Crippen molar-refractivity contribution >= 4 is 57.9 Å². The number of hydrogen-bond acceptors (Lipinski definition) is 5.